The summed E-state index contributed by atoms with van der Waals surface area (Å²) in [6, 6.07) is 0. The number of allylic oxidation sites excluding steroid dienone is 1. The number of carbonyl (C=O) groups is 1. The van der Waals surface area contributed by atoms with E-state index in [0.29, 0.717) is 6.42 Å². The van der Waals surface area contributed by atoms with Gasteiger partial charge in [0, 0.05) is 11.8 Å². The topological polar surface area (TPSA) is 55.8 Å². The van der Waals surface area contributed by atoms with E-state index in [2.05, 4.69) is 0 Å². The van der Waals surface area contributed by atoms with Crippen LogP contribution in [0.1, 0.15) is 39.0 Å². The second-order valence-electron chi connectivity index (χ2n) is 6.43. The molecule has 3 aliphatic rings. The van der Waals surface area contributed by atoms with Crippen LogP contribution in [0.3, 0.4) is 0 Å². The zero-order valence-electron chi connectivity index (χ0n) is 12.2. The fourth-order valence-electron chi connectivity index (χ4n) is 4.16. The van der Waals surface area contributed by atoms with E-state index in [1.807, 2.05) is 6.92 Å². The minimum absolute atomic E-state index is 0.165. The van der Waals surface area contributed by atoms with Crippen LogP contribution in [0.5, 0.6) is 0 Å². The fourth-order valence-corrected chi connectivity index (χ4v) is 4.16. The van der Waals surface area contributed by atoms with Crippen molar-refractivity contribution in [3.8, 4) is 0 Å². The molecule has 1 N–H and O–H groups in total. The first-order valence-corrected chi connectivity index (χ1v) is 7.65. The van der Waals surface area contributed by atoms with Crippen molar-refractivity contribution in [2.75, 3.05) is 0 Å². The van der Waals surface area contributed by atoms with Crippen LogP contribution < -0.4 is 0 Å². The highest BCUT2D eigenvalue weighted by Crippen LogP contribution is 2.52. The van der Waals surface area contributed by atoms with E-state index in [0.717, 1.165) is 25.7 Å². The Balaban J connectivity index is 2.07. The molecule has 5 atom stereocenters. The molecule has 2 aliphatic heterocycles. The number of halogens is 3. The maximum atomic E-state index is 13.2. The minimum atomic E-state index is -4.81. The monoisotopic (exact) mass is 320 g/mol. The first-order chi connectivity index (χ1) is 10.3. The minimum Gasteiger partial charge on any atom is -0.478 e. The number of ether oxygens (including phenoxy) is 2. The molecule has 124 valence electrons. The molecule has 0 spiro atoms. The molecule has 0 aromatic heterocycles. The van der Waals surface area contributed by atoms with Crippen molar-refractivity contribution in [2.45, 2.75) is 57.6 Å². The highest BCUT2D eigenvalue weighted by molar-refractivity contribution is 5.88. The lowest BCUT2D eigenvalue weighted by Gasteiger charge is -2.45. The number of aliphatic carboxylic acids is 1. The molecule has 2 fully saturated rings. The van der Waals surface area contributed by atoms with E-state index in [1.165, 1.54) is 0 Å². The van der Waals surface area contributed by atoms with Gasteiger partial charge in [-0.05, 0) is 38.5 Å². The summed E-state index contributed by atoms with van der Waals surface area (Å²) in [7, 11) is 0. The SMILES string of the molecule is C[C@H]1CCC2CCC[C@H]3C(C(=O)O)=C(C(F)(F)F)O[C@H](O1)[C@H]23. The quantitative estimate of drug-likeness (QED) is 0.804. The maximum Gasteiger partial charge on any atom is 0.449 e. The zero-order chi connectivity index (χ0) is 16.1. The third kappa shape index (κ3) is 2.59. The Kier molecular flexibility index (Phi) is 3.87. The van der Waals surface area contributed by atoms with Gasteiger partial charge in [-0.1, -0.05) is 6.42 Å². The van der Waals surface area contributed by atoms with Gasteiger partial charge in [0.15, 0.2) is 0 Å². The van der Waals surface area contributed by atoms with Gasteiger partial charge in [-0.3, -0.25) is 0 Å². The number of hydrogen-bond acceptors (Lipinski definition) is 3. The average Bonchev–Trinajstić information content (AvgIpc) is 2.58. The van der Waals surface area contributed by atoms with Gasteiger partial charge in [0.05, 0.1) is 11.7 Å². The van der Waals surface area contributed by atoms with Crippen molar-refractivity contribution in [1.29, 1.82) is 0 Å². The summed E-state index contributed by atoms with van der Waals surface area (Å²) in [5, 5.41) is 9.32. The molecular formula is C15H19F3O4. The van der Waals surface area contributed by atoms with Crippen molar-refractivity contribution < 1.29 is 32.5 Å². The van der Waals surface area contributed by atoms with Crippen molar-refractivity contribution in [3.63, 3.8) is 0 Å². The van der Waals surface area contributed by atoms with Crippen LogP contribution in [-0.4, -0.2) is 29.6 Å². The Labute approximate surface area is 126 Å². The summed E-state index contributed by atoms with van der Waals surface area (Å²) < 4.78 is 50.4. The van der Waals surface area contributed by atoms with E-state index < -0.39 is 35.7 Å². The van der Waals surface area contributed by atoms with Gasteiger partial charge in [-0.15, -0.1) is 0 Å². The molecule has 2 heterocycles. The number of alkyl halides is 3. The van der Waals surface area contributed by atoms with Gasteiger partial charge in [0.2, 0.25) is 12.0 Å². The fraction of sp³-hybridized carbons (Fsp3) is 0.800. The average molecular weight is 320 g/mol. The summed E-state index contributed by atoms with van der Waals surface area (Å²) in [4.78, 5) is 11.5. The van der Waals surface area contributed by atoms with Crippen LogP contribution in [-0.2, 0) is 14.3 Å². The molecule has 1 saturated heterocycles. The summed E-state index contributed by atoms with van der Waals surface area (Å²) in [5.74, 6) is -3.68. The summed E-state index contributed by atoms with van der Waals surface area (Å²) in [6.45, 7) is 1.82. The van der Waals surface area contributed by atoms with E-state index in [1.54, 1.807) is 0 Å². The molecule has 1 unspecified atom stereocenters. The van der Waals surface area contributed by atoms with E-state index in [-0.39, 0.29) is 17.9 Å². The number of hydrogen-bond donors (Lipinski definition) is 1. The molecule has 0 radical (unpaired) electrons. The first-order valence-electron chi connectivity index (χ1n) is 7.65. The number of carboxylic acids is 1. The van der Waals surface area contributed by atoms with Crippen LogP contribution in [0.2, 0.25) is 0 Å². The van der Waals surface area contributed by atoms with Crippen molar-refractivity contribution in [2.24, 2.45) is 17.8 Å². The van der Waals surface area contributed by atoms with E-state index in [9.17, 15) is 23.1 Å². The Bertz CT molecular complexity index is 500. The van der Waals surface area contributed by atoms with Crippen molar-refractivity contribution in [1.82, 2.24) is 0 Å². The second-order valence-corrected chi connectivity index (χ2v) is 6.43. The van der Waals surface area contributed by atoms with E-state index >= 15 is 0 Å². The van der Waals surface area contributed by atoms with Gasteiger partial charge in [-0.25, -0.2) is 4.79 Å². The van der Waals surface area contributed by atoms with Gasteiger partial charge < -0.3 is 14.6 Å². The lowest BCUT2D eigenvalue weighted by molar-refractivity contribution is -0.236. The molecule has 4 nitrogen and oxygen atoms in total. The number of rotatable bonds is 1. The van der Waals surface area contributed by atoms with Crippen molar-refractivity contribution in [3.05, 3.63) is 11.3 Å². The largest absolute Gasteiger partial charge is 0.478 e. The third-order valence-corrected chi connectivity index (χ3v) is 5.06. The third-order valence-electron chi connectivity index (χ3n) is 5.06. The van der Waals surface area contributed by atoms with Gasteiger partial charge in [-0.2, -0.15) is 13.2 Å². The predicted molar refractivity (Wildman–Crippen MR) is 69.7 cm³/mol. The summed E-state index contributed by atoms with van der Waals surface area (Å²) >= 11 is 0. The highest BCUT2D eigenvalue weighted by Gasteiger charge is 2.55. The lowest BCUT2D eigenvalue weighted by Crippen LogP contribution is -2.47. The lowest BCUT2D eigenvalue weighted by atomic mass is 9.66. The molecular weight excluding hydrogens is 301 g/mol. The van der Waals surface area contributed by atoms with E-state index in [4.69, 9.17) is 9.47 Å². The van der Waals surface area contributed by atoms with Gasteiger partial charge in [0.1, 0.15) is 0 Å². The van der Waals surface area contributed by atoms with Crippen LogP contribution >= 0.6 is 0 Å². The second kappa shape index (κ2) is 5.44. The number of carboxylic acid groups (broad SMARTS) is 1. The molecule has 7 heteroatoms. The molecule has 3 rings (SSSR count). The smallest absolute Gasteiger partial charge is 0.449 e. The highest BCUT2D eigenvalue weighted by atomic mass is 19.4. The Morgan fingerprint density at radius 1 is 1.23 bits per heavy atom. The van der Waals surface area contributed by atoms with Gasteiger partial charge >= 0.3 is 12.1 Å². The van der Waals surface area contributed by atoms with Crippen LogP contribution in [0.4, 0.5) is 13.2 Å². The summed E-state index contributed by atoms with van der Waals surface area (Å²) in [6.07, 6.45) is -2.30. The predicted octanol–water partition coefficient (Wildman–Crippen LogP) is 3.48. The Morgan fingerprint density at radius 3 is 2.59 bits per heavy atom. The molecule has 0 aromatic carbocycles. The maximum absolute atomic E-state index is 13.2. The standard InChI is InChI=1S/C15H19F3O4/c1-7-5-6-8-3-2-4-9-10(8)14(21-7)22-12(15(16,17)18)11(9)13(19)20/h7-10,14H,2-6H2,1H3,(H,19,20)/t7-,8?,9+,10+,14-/m0/s1. The Hall–Kier alpha value is -1.24. The molecule has 0 aromatic rings. The van der Waals surface area contributed by atoms with Crippen LogP contribution in [0, 0.1) is 17.8 Å². The molecule has 1 aliphatic carbocycles. The molecule has 0 amide bonds. The van der Waals surface area contributed by atoms with Crippen LogP contribution in [0.15, 0.2) is 11.3 Å². The molecule has 22 heavy (non-hydrogen) atoms. The van der Waals surface area contributed by atoms with Crippen LogP contribution in [0.25, 0.3) is 0 Å². The Morgan fingerprint density at radius 2 is 1.95 bits per heavy atom. The normalized spacial score (nSPS) is 38.8. The summed E-state index contributed by atoms with van der Waals surface area (Å²) in [5.41, 5.74) is -0.614. The molecule has 1 saturated carbocycles. The zero-order valence-corrected chi connectivity index (χ0v) is 12.2. The van der Waals surface area contributed by atoms with Gasteiger partial charge in [0.25, 0.3) is 0 Å². The van der Waals surface area contributed by atoms with Crippen molar-refractivity contribution >= 4 is 5.97 Å². The molecule has 0 bridgehead atoms. The first kappa shape index (κ1) is 15.6.